The van der Waals surface area contributed by atoms with Gasteiger partial charge >= 0.3 is 5.69 Å². The molecule has 4 rings (SSSR count). The van der Waals surface area contributed by atoms with E-state index < -0.39 is 32.4 Å². The van der Waals surface area contributed by atoms with Crippen LogP contribution in [0.5, 0.6) is 17.2 Å². The smallest absolute Gasteiger partial charge is 0.318 e. The van der Waals surface area contributed by atoms with Gasteiger partial charge in [0.2, 0.25) is 5.75 Å². The van der Waals surface area contributed by atoms with Crippen LogP contribution in [0.15, 0.2) is 65.6 Å². The van der Waals surface area contributed by atoms with Gasteiger partial charge in [-0.15, -0.1) is 0 Å². The maximum atomic E-state index is 13.0. The Morgan fingerprint density at radius 3 is 2.35 bits per heavy atom. The summed E-state index contributed by atoms with van der Waals surface area (Å²) < 4.78 is 11.0. The van der Waals surface area contributed by atoms with Crippen molar-refractivity contribution in [1.82, 2.24) is 4.90 Å². The number of benzene rings is 3. The Morgan fingerprint density at radius 2 is 1.68 bits per heavy atom. The number of carbonyl (C=O) groups is 2. The van der Waals surface area contributed by atoms with Crippen molar-refractivity contribution in [2.45, 2.75) is 13.5 Å². The van der Waals surface area contributed by atoms with Gasteiger partial charge < -0.3 is 9.47 Å². The summed E-state index contributed by atoms with van der Waals surface area (Å²) in [6.07, 6.45) is 1.51. The minimum absolute atomic E-state index is 0.0762. The summed E-state index contributed by atoms with van der Waals surface area (Å²) in [6, 6.07) is 15.1. The molecule has 0 bridgehead atoms. The molecule has 0 atom stereocenters. The standard InChI is InChI=1S/C25H19N3O8S/c1-15-5-3-4-6-17(15)14-26-24(29)23(37-25(26)30)12-16-7-9-21(35-2)22(11-16)36-20-10-8-18(27(31)32)13-19(20)28(33)34/h3-13H,14H2,1-2H3/b23-12-. The second-order valence-corrected chi connectivity index (χ2v) is 8.87. The molecule has 12 heteroatoms. The Morgan fingerprint density at radius 1 is 0.946 bits per heavy atom. The van der Waals surface area contributed by atoms with Crippen molar-refractivity contribution in [1.29, 1.82) is 0 Å². The van der Waals surface area contributed by atoms with Crippen LogP contribution < -0.4 is 9.47 Å². The van der Waals surface area contributed by atoms with Crippen molar-refractivity contribution < 1.29 is 28.9 Å². The van der Waals surface area contributed by atoms with E-state index >= 15 is 0 Å². The maximum Gasteiger partial charge on any atom is 0.318 e. The zero-order valence-electron chi connectivity index (χ0n) is 19.6. The molecule has 188 valence electrons. The van der Waals surface area contributed by atoms with Gasteiger partial charge in [0.1, 0.15) is 0 Å². The molecule has 0 radical (unpaired) electrons. The fraction of sp³-hybridized carbons (Fsp3) is 0.120. The summed E-state index contributed by atoms with van der Waals surface area (Å²) in [7, 11) is 1.38. The molecule has 1 saturated heterocycles. The number of carbonyl (C=O) groups excluding carboxylic acids is 2. The number of nitro benzene ring substituents is 2. The highest BCUT2D eigenvalue weighted by atomic mass is 32.2. The fourth-order valence-corrected chi connectivity index (χ4v) is 4.41. The zero-order chi connectivity index (χ0) is 26.7. The summed E-state index contributed by atoms with van der Waals surface area (Å²) in [6.45, 7) is 2.05. The highest BCUT2D eigenvalue weighted by Gasteiger charge is 2.35. The van der Waals surface area contributed by atoms with Crippen molar-refractivity contribution in [2.24, 2.45) is 0 Å². The lowest BCUT2D eigenvalue weighted by atomic mass is 10.1. The van der Waals surface area contributed by atoms with Crippen LogP contribution >= 0.6 is 11.8 Å². The molecule has 0 saturated carbocycles. The highest BCUT2D eigenvalue weighted by Crippen LogP contribution is 2.40. The third kappa shape index (κ3) is 5.43. The van der Waals surface area contributed by atoms with Crippen molar-refractivity contribution in [3.63, 3.8) is 0 Å². The first kappa shape index (κ1) is 25.4. The largest absolute Gasteiger partial charge is 0.493 e. The number of nitrogens with zero attached hydrogens (tertiary/aromatic N) is 3. The molecule has 0 aromatic heterocycles. The van der Waals surface area contributed by atoms with E-state index in [1.54, 1.807) is 6.07 Å². The number of rotatable bonds is 8. The highest BCUT2D eigenvalue weighted by molar-refractivity contribution is 8.18. The molecule has 0 spiro atoms. The van der Waals surface area contributed by atoms with Crippen molar-refractivity contribution in [3.05, 3.63) is 102 Å². The summed E-state index contributed by atoms with van der Waals surface area (Å²) >= 11 is 0.806. The molecule has 2 amide bonds. The SMILES string of the molecule is COc1ccc(/C=C2\SC(=O)N(Cc3ccccc3C)C2=O)cc1Oc1ccc([N+](=O)[O-])cc1[N+](=O)[O-]. The number of aryl methyl sites for hydroxylation is 1. The summed E-state index contributed by atoms with van der Waals surface area (Å²) in [4.78, 5) is 47.8. The van der Waals surface area contributed by atoms with Crippen LogP contribution in [-0.4, -0.2) is 33.0 Å². The van der Waals surface area contributed by atoms with Gasteiger partial charge in [0, 0.05) is 6.07 Å². The first-order valence-electron chi connectivity index (χ1n) is 10.8. The Balaban J connectivity index is 1.63. The van der Waals surface area contributed by atoms with Crippen LogP contribution in [0, 0.1) is 27.2 Å². The van der Waals surface area contributed by atoms with Gasteiger partial charge in [-0.25, -0.2) is 0 Å². The number of methoxy groups -OCH3 is 1. The van der Waals surface area contributed by atoms with Crippen LogP contribution in [0.2, 0.25) is 0 Å². The summed E-state index contributed by atoms with van der Waals surface area (Å²) in [5, 5.41) is 22.1. The number of nitro groups is 2. The van der Waals surface area contributed by atoms with Gasteiger partial charge in [0.25, 0.3) is 16.8 Å². The summed E-state index contributed by atoms with van der Waals surface area (Å²) in [5.74, 6) is -0.364. The van der Waals surface area contributed by atoms with Gasteiger partial charge in [0.15, 0.2) is 11.5 Å². The van der Waals surface area contributed by atoms with Crippen LogP contribution in [0.4, 0.5) is 16.2 Å². The molecular formula is C25H19N3O8S. The molecule has 1 heterocycles. The predicted octanol–water partition coefficient (Wildman–Crippen LogP) is 5.85. The number of ether oxygens (including phenoxy) is 2. The molecule has 11 nitrogen and oxygen atoms in total. The molecule has 3 aromatic rings. The first-order chi connectivity index (χ1) is 17.7. The lowest BCUT2D eigenvalue weighted by Gasteiger charge is -2.14. The van der Waals surface area contributed by atoms with E-state index in [2.05, 4.69) is 0 Å². The fourth-order valence-electron chi connectivity index (χ4n) is 3.58. The minimum atomic E-state index is -0.789. The molecule has 1 aliphatic rings. The monoisotopic (exact) mass is 521 g/mol. The molecular weight excluding hydrogens is 502 g/mol. The van der Waals surface area contributed by atoms with Crippen LogP contribution in [-0.2, 0) is 11.3 Å². The molecule has 1 fully saturated rings. The second kappa shape index (κ2) is 10.5. The predicted molar refractivity (Wildman–Crippen MR) is 136 cm³/mol. The quantitative estimate of drug-likeness (QED) is 0.203. The third-order valence-corrected chi connectivity index (χ3v) is 6.43. The third-order valence-electron chi connectivity index (χ3n) is 5.52. The van der Waals surface area contributed by atoms with Gasteiger partial charge in [-0.2, -0.15) is 0 Å². The van der Waals surface area contributed by atoms with Gasteiger partial charge in [0.05, 0.1) is 34.5 Å². The van der Waals surface area contributed by atoms with Crippen LogP contribution in [0.1, 0.15) is 16.7 Å². The molecule has 0 aliphatic carbocycles. The molecule has 37 heavy (non-hydrogen) atoms. The lowest BCUT2D eigenvalue weighted by Crippen LogP contribution is -2.27. The average Bonchev–Trinajstić information content (AvgIpc) is 3.12. The maximum absolute atomic E-state index is 13.0. The van der Waals surface area contributed by atoms with Gasteiger partial charge in [-0.1, -0.05) is 30.3 Å². The Bertz CT molecular complexity index is 1470. The van der Waals surface area contributed by atoms with Crippen LogP contribution in [0.3, 0.4) is 0 Å². The number of amides is 2. The van der Waals surface area contributed by atoms with Crippen LogP contribution in [0.25, 0.3) is 6.08 Å². The Kier molecular flexibility index (Phi) is 7.20. The van der Waals surface area contributed by atoms with E-state index in [9.17, 15) is 29.8 Å². The van der Waals surface area contributed by atoms with E-state index in [-0.39, 0.29) is 28.7 Å². The molecule has 1 aliphatic heterocycles. The molecule has 3 aromatic carbocycles. The molecule has 0 N–H and O–H groups in total. The van der Waals surface area contributed by atoms with Crippen molar-refractivity contribution >= 4 is 40.4 Å². The van der Waals surface area contributed by atoms with E-state index in [0.717, 1.165) is 41.1 Å². The van der Waals surface area contributed by atoms with E-state index in [0.29, 0.717) is 5.56 Å². The van der Waals surface area contributed by atoms with Crippen molar-refractivity contribution in [2.75, 3.05) is 7.11 Å². The van der Waals surface area contributed by atoms with E-state index in [4.69, 9.17) is 9.47 Å². The second-order valence-electron chi connectivity index (χ2n) is 7.87. The van der Waals surface area contributed by atoms with Crippen molar-refractivity contribution in [3.8, 4) is 17.2 Å². The van der Waals surface area contributed by atoms with Gasteiger partial charge in [-0.3, -0.25) is 34.7 Å². The lowest BCUT2D eigenvalue weighted by molar-refractivity contribution is -0.394. The normalized spacial score (nSPS) is 14.2. The number of hydrogen-bond acceptors (Lipinski definition) is 9. The van der Waals surface area contributed by atoms with E-state index in [1.165, 1.54) is 30.2 Å². The summed E-state index contributed by atoms with van der Waals surface area (Å²) in [5.41, 5.74) is 1.24. The number of thioether (sulfide) groups is 1. The zero-order valence-corrected chi connectivity index (χ0v) is 20.4. The number of hydrogen-bond donors (Lipinski definition) is 0. The minimum Gasteiger partial charge on any atom is -0.493 e. The van der Waals surface area contributed by atoms with Gasteiger partial charge in [-0.05, 0) is 59.7 Å². The van der Waals surface area contributed by atoms with E-state index in [1.807, 2.05) is 31.2 Å². The first-order valence-corrected chi connectivity index (χ1v) is 11.6. The average molecular weight is 522 g/mol. The molecule has 0 unspecified atom stereocenters. The number of non-ortho nitro benzene ring substituents is 1. The Labute approximate surface area is 214 Å². The topological polar surface area (TPSA) is 142 Å². The Hall–Kier alpha value is -4.71. The number of imide groups is 1.